The number of carbonyl (C=O) groups excluding carboxylic acids is 2. The summed E-state index contributed by atoms with van der Waals surface area (Å²) >= 11 is 5.65. The fraction of sp³-hybridized carbons (Fsp3) is 0.333. The first kappa shape index (κ1) is 10.9. The fourth-order valence-electron chi connectivity index (χ4n) is 0.450. The van der Waals surface area contributed by atoms with Gasteiger partial charge in [0, 0.05) is 0 Å². The monoisotopic (exact) mass is 280 g/mol. The van der Waals surface area contributed by atoms with Crippen LogP contribution in [0.3, 0.4) is 0 Å². The van der Waals surface area contributed by atoms with Gasteiger partial charge in [-0.3, -0.25) is 4.79 Å². The maximum atomic E-state index is 10.7. The summed E-state index contributed by atoms with van der Waals surface area (Å²) in [6, 6.07) is -0.389. The van der Waals surface area contributed by atoms with Crippen LogP contribution < -0.4 is 0 Å². The molecule has 10 heavy (non-hydrogen) atoms. The average molecular weight is 282 g/mol. The van der Waals surface area contributed by atoms with Gasteiger partial charge >= 0.3 is 35.6 Å². The van der Waals surface area contributed by atoms with Crippen LogP contribution in [0.2, 0.25) is 0 Å². The van der Waals surface area contributed by atoms with Crippen LogP contribution in [-0.2, 0) is 4.79 Å². The SMILES string of the molecule is O=C1CN(Br)C(=O)N1Br.[NaH]. The van der Waals surface area contributed by atoms with E-state index in [-0.39, 0.29) is 48.0 Å². The summed E-state index contributed by atoms with van der Waals surface area (Å²) in [5.74, 6) is -0.267. The van der Waals surface area contributed by atoms with Crippen molar-refractivity contribution in [2.75, 3.05) is 6.54 Å². The molecule has 0 spiro atoms. The van der Waals surface area contributed by atoms with E-state index >= 15 is 0 Å². The number of urea groups is 1. The van der Waals surface area contributed by atoms with Crippen LogP contribution in [0.25, 0.3) is 0 Å². The van der Waals surface area contributed by atoms with E-state index in [1.807, 2.05) is 0 Å². The minimum atomic E-state index is -0.389. The van der Waals surface area contributed by atoms with E-state index in [0.717, 1.165) is 7.85 Å². The van der Waals surface area contributed by atoms with E-state index in [9.17, 15) is 9.59 Å². The van der Waals surface area contributed by atoms with Gasteiger partial charge in [0.25, 0.3) is 5.91 Å². The van der Waals surface area contributed by atoms with Crippen molar-refractivity contribution in [2.24, 2.45) is 0 Å². The predicted molar refractivity (Wildman–Crippen MR) is 44.0 cm³/mol. The van der Waals surface area contributed by atoms with Crippen LogP contribution in [0.15, 0.2) is 0 Å². The molecule has 0 aliphatic carbocycles. The molecule has 0 aromatic heterocycles. The summed E-state index contributed by atoms with van der Waals surface area (Å²) in [6.45, 7) is 0.0874. The van der Waals surface area contributed by atoms with E-state index in [2.05, 4.69) is 32.3 Å². The molecule has 0 radical (unpaired) electrons. The third-order valence-corrected chi connectivity index (χ3v) is 2.12. The van der Waals surface area contributed by atoms with Crippen molar-refractivity contribution in [3.8, 4) is 0 Å². The first-order chi connectivity index (χ1) is 4.13. The van der Waals surface area contributed by atoms with Gasteiger partial charge in [0.15, 0.2) is 0 Å². The zero-order valence-corrected chi connectivity index (χ0v) is 7.35. The number of hydrogen-bond acceptors (Lipinski definition) is 2. The number of imide groups is 1. The summed E-state index contributed by atoms with van der Waals surface area (Å²) in [6.07, 6.45) is 0. The molecule has 52 valence electrons. The van der Waals surface area contributed by atoms with E-state index in [4.69, 9.17) is 0 Å². The van der Waals surface area contributed by atoms with Crippen LogP contribution in [0.4, 0.5) is 4.79 Å². The standard InChI is InChI=1S/C3H2Br2N2O2.Na.H/c4-6-1-2(8)7(5)3(6)9;;/h1H2;;. The van der Waals surface area contributed by atoms with Crippen molar-refractivity contribution >= 4 is 73.8 Å². The molecule has 0 N–H and O–H groups in total. The van der Waals surface area contributed by atoms with Crippen LogP contribution in [-0.4, -0.2) is 55.9 Å². The molecule has 1 saturated heterocycles. The predicted octanol–water partition coefficient (Wildman–Crippen LogP) is 0.222. The van der Waals surface area contributed by atoms with E-state index < -0.39 is 0 Å². The van der Waals surface area contributed by atoms with Gasteiger partial charge in [-0.1, -0.05) is 0 Å². The molecule has 1 fully saturated rings. The molecule has 0 aromatic rings. The zero-order chi connectivity index (χ0) is 7.02. The summed E-state index contributed by atoms with van der Waals surface area (Å²) in [5, 5.41) is 0. The zero-order valence-electron chi connectivity index (χ0n) is 4.17. The van der Waals surface area contributed by atoms with Crippen LogP contribution in [0.5, 0.6) is 0 Å². The first-order valence-corrected chi connectivity index (χ1v) is 3.51. The molecular formula is C3H3Br2N2NaO2. The van der Waals surface area contributed by atoms with Gasteiger partial charge in [0.2, 0.25) is 0 Å². The first-order valence-electron chi connectivity index (χ1n) is 2.09. The molecule has 1 aliphatic rings. The van der Waals surface area contributed by atoms with Gasteiger partial charge < -0.3 is 0 Å². The summed E-state index contributed by atoms with van der Waals surface area (Å²) in [4.78, 5) is 21.2. The molecular weight excluding hydrogens is 279 g/mol. The number of amides is 3. The van der Waals surface area contributed by atoms with Crippen molar-refractivity contribution in [1.29, 1.82) is 0 Å². The number of hydrogen-bond donors (Lipinski definition) is 0. The van der Waals surface area contributed by atoms with Crippen LogP contribution >= 0.6 is 32.3 Å². The summed E-state index contributed by atoms with van der Waals surface area (Å²) < 4.78 is 2.02. The Balaban J connectivity index is 0.000000810. The molecule has 0 unspecified atom stereocenters. The second-order valence-electron chi connectivity index (χ2n) is 1.48. The number of rotatable bonds is 0. The van der Waals surface area contributed by atoms with Gasteiger partial charge in [-0.15, -0.1) is 0 Å². The number of carbonyl (C=O) groups is 2. The van der Waals surface area contributed by atoms with Gasteiger partial charge in [-0.2, -0.15) is 3.93 Å². The van der Waals surface area contributed by atoms with Crippen molar-refractivity contribution in [3.63, 3.8) is 0 Å². The quantitative estimate of drug-likeness (QED) is 0.362. The van der Waals surface area contributed by atoms with Crippen molar-refractivity contribution in [2.45, 2.75) is 0 Å². The topological polar surface area (TPSA) is 40.6 Å². The van der Waals surface area contributed by atoms with Crippen molar-refractivity contribution < 1.29 is 9.59 Å². The minimum absolute atomic E-state index is 0. The molecule has 0 bridgehead atoms. The Bertz CT molecular complexity index is 176. The summed E-state index contributed by atoms with van der Waals surface area (Å²) in [7, 11) is 0. The Hall–Kier alpha value is 0.900. The van der Waals surface area contributed by atoms with E-state index in [1.54, 1.807) is 0 Å². The third kappa shape index (κ3) is 1.94. The Morgan fingerprint density at radius 2 is 1.80 bits per heavy atom. The molecule has 3 amide bonds. The Morgan fingerprint density at radius 3 is 1.90 bits per heavy atom. The maximum absolute atomic E-state index is 10.7. The van der Waals surface area contributed by atoms with Crippen LogP contribution in [0, 0.1) is 0 Å². The molecule has 0 aromatic carbocycles. The molecule has 1 heterocycles. The van der Waals surface area contributed by atoms with Crippen molar-refractivity contribution in [3.05, 3.63) is 0 Å². The second kappa shape index (κ2) is 4.06. The fourth-order valence-corrected chi connectivity index (χ4v) is 1.34. The molecule has 1 aliphatic heterocycles. The Labute approximate surface area is 96.9 Å². The van der Waals surface area contributed by atoms with Crippen molar-refractivity contribution in [1.82, 2.24) is 7.85 Å². The molecule has 1 rings (SSSR count). The van der Waals surface area contributed by atoms with Gasteiger partial charge in [-0.05, 0) is 0 Å². The van der Waals surface area contributed by atoms with E-state index in [0.29, 0.717) is 0 Å². The summed E-state index contributed by atoms with van der Waals surface area (Å²) in [5.41, 5.74) is 0. The molecule has 7 heteroatoms. The Morgan fingerprint density at radius 1 is 1.30 bits per heavy atom. The van der Waals surface area contributed by atoms with Crippen LogP contribution in [0.1, 0.15) is 0 Å². The molecule has 0 saturated carbocycles. The van der Waals surface area contributed by atoms with Gasteiger partial charge in [0.1, 0.15) is 6.54 Å². The normalized spacial score (nSPS) is 17.8. The molecule has 4 nitrogen and oxygen atoms in total. The Kier molecular flexibility index (Phi) is 4.42. The van der Waals surface area contributed by atoms with Gasteiger partial charge in [-0.25, -0.2) is 8.72 Å². The number of halogens is 2. The second-order valence-corrected chi connectivity index (χ2v) is 3.04. The third-order valence-electron chi connectivity index (χ3n) is 0.869. The van der Waals surface area contributed by atoms with Gasteiger partial charge in [0.05, 0.1) is 32.3 Å². The average Bonchev–Trinajstić information content (AvgIpc) is 1.98. The number of nitrogens with zero attached hydrogens (tertiary/aromatic N) is 2. The molecule has 0 atom stereocenters. The van der Waals surface area contributed by atoms with E-state index in [1.165, 1.54) is 0 Å².